The van der Waals surface area contributed by atoms with Gasteiger partial charge >= 0.3 is 0 Å². The van der Waals surface area contributed by atoms with Gasteiger partial charge in [0, 0.05) is 24.0 Å². The number of rotatable bonds is 4. The number of piperidine rings is 1. The van der Waals surface area contributed by atoms with Gasteiger partial charge in [-0.25, -0.2) is 4.98 Å². The van der Waals surface area contributed by atoms with Gasteiger partial charge in [0.05, 0.1) is 17.0 Å². The molecule has 4 rings (SSSR count). The van der Waals surface area contributed by atoms with E-state index in [2.05, 4.69) is 43.0 Å². The fourth-order valence-electron chi connectivity index (χ4n) is 3.44. The van der Waals surface area contributed by atoms with E-state index in [1.54, 1.807) is 4.52 Å². The van der Waals surface area contributed by atoms with Gasteiger partial charge in [-0.05, 0) is 30.5 Å². The predicted octanol–water partition coefficient (Wildman–Crippen LogP) is 3.37. The minimum absolute atomic E-state index is 0.0748. The van der Waals surface area contributed by atoms with E-state index in [-0.39, 0.29) is 18.0 Å². The number of hydrogen-bond acceptors (Lipinski definition) is 6. The zero-order valence-corrected chi connectivity index (χ0v) is 16.9. The van der Waals surface area contributed by atoms with Crippen LogP contribution in [0.25, 0.3) is 4.96 Å². The van der Waals surface area contributed by atoms with E-state index in [0.29, 0.717) is 4.96 Å². The van der Waals surface area contributed by atoms with Crippen LogP contribution >= 0.6 is 27.3 Å². The van der Waals surface area contributed by atoms with Crippen LogP contribution in [0.1, 0.15) is 42.1 Å². The van der Waals surface area contributed by atoms with Crippen LogP contribution in [-0.4, -0.2) is 48.9 Å². The van der Waals surface area contributed by atoms with Gasteiger partial charge in [-0.15, -0.1) is 5.10 Å². The first kappa shape index (κ1) is 17.9. The SMILES string of the molecule is CCc1nc2sc([C@@H](c3ccc(Br)cc3)N3CCC(O)CC3)c(O)n2n1. The van der Waals surface area contributed by atoms with Crippen molar-refractivity contribution >= 4 is 32.2 Å². The molecular weight excluding hydrogens is 416 g/mol. The van der Waals surface area contributed by atoms with Crippen molar-refractivity contribution in [1.29, 1.82) is 0 Å². The molecule has 1 saturated heterocycles. The molecule has 8 heteroatoms. The highest BCUT2D eigenvalue weighted by Gasteiger charge is 2.31. The Morgan fingerprint density at radius 3 is 2.58 bits per heavy atom. The van der Waals surface area contributed by atoms with E-state index >= 15 is 0 Å². The number of likely N-dealkylation sites (tertiary alicyclic amines) is 1. The van der Waals surface area contributed by atoms with E-state index < -0.39 is 0 Å². The Morgan fingerprint density at radius 1 is 1.27 bits per heavy atom. The van der Waals surface area contributed by atoms with Crippen molar-refractivity contribution in [2.75, 3.05) is 13.1 Å². The average molecular weight is 437 g/mol. The number of thiazole rings is 1. The third-order valence-corrected chi connectivity index (χ3v) is 6.46. The van der Waals surface area contributed by atoms with E-state index in [0.717, 1.165) is 53.1 Å². The summed E-state index contributed by atoms with van der Waals surface area (Å²) in [4.78, 5) is 8.39. The quantitative estimate of drug-likeness (QED) is 0.655. The third-order valence-electron chi connectivity index (χ3n) is 4.86. The second-order valence-electron chi connectivity index (χ2n) is 6.59. The summed E-state index contributed by atoms with van der Waals surface area (Å²) in [7, 11) is 0. The molecule has 1 fully saturated rings. The Labute approximate surface area is 164 Å². The van der Waals surface area contributed by atoms with Crippen LogP contribution in [0.3, 0.4) is 0 Å². The van der Waals surface area contributed by atoms with Crippen molar-refractivity contribution in [2.24, 2.45) is 0 Å². The molecule has 0 saturated carbocycles. The number of aliphatic hydroxyl groups is 1. The largest absolute Gasteiger partial charge is 0.492 e. The Hall–Kier alpha value is -1.48. The molecule has 0 spiro atoms. The van der Waals surface area contributed by atoms with Crippen molar-refractivity contribution in [2.45, 2.75) is 38.3 Å². The van der Waals surface area contributed by atoms with E-state index in [1.165, 1.54) is 11.3 Å². The lowest BCUT2D eigenvalue weighted by Crippen LogP contribution is -2.38. The normalized spacial score (nSPS) is 17.8. The van der Waals surface area contributed by atoms with E-state index in [9.17, 15) is 10.2 Å². The third kappa shape index (κ3) is 3.26. The molecule has 26 heavy (non-hydrogen) atoms. The summed E-state index contributed by atoms with van der Waals surface area (Å²) in [6.07, 6.45) is 1.99. The first-order valence-corrected chi connectivity index (χ1v) is 10.4. The monoisotopic (exact) mass is 436 g/mol. The highest BCUT2D eigenvalue weighted by Crippen LogP contribution is 2.41. The number of nitrogens with zero attached hydrogens (tertiary/aromatic N) is 4. The van der Waals surface area contributed by atoms with Gasteiger partial charge in [0.1, 0.15) is 0 Å². The number of hydrogen-bond donors (Lipinski definition) is 2. The Balaban J connectivity index is 1.78. The van der Waals surface area contributed by atoms with Gasteiger partial charge in [-0.3, -0.25) is 4.90 Å². The smallest absolute Gasteiger partial charge is 0.230 e. The van der Waals surface area contributed by atoms with Gasteiger partial charge in [0.2, 0.25) is 10.8 Å². The first-order chi connectivity index (χ1) is 12.6. The molecule has 3 heterocycles. The number of benzene rings is 1. The maximum absolute atomic E-state index is 10.9. The molecule has 0 aliphatic carbocycles. The molecule has 0 unspecified atom stereocenters. The summed E-state index contributed by atoms with van der Waals surface area (Å²) in [5.41, 5.74) is 1.11. The molecule has 0 radical (unpaired) electrons. The van der Waals surface area contributed by atoms with Crippen LogP contribution in [0.5, 0.6) is 5.88 Å². The topological polar surface area (TPSA) is 73.9 Å². The molecule has 1 aliphatic heterocycles. The summed E-state index contributed by atoms with van der Waals surface area (Å²) in [5, 5.41) is 25.1. The highest BCUT2D eigenvalue weighted by atomic mass is 79.9. The molecule has 6 nitrogen and oxygen atoms in total. The lowest BCUT2D eigenvalue weighted by atomic mass is 9.99. The molecule has 0 amide bonds. The summed E-state index contributed by atoms with van der Waals surface area (Å²) < 4.78 is 2.57. The van der Waals surface area contributed by atoms with Crippen LogP contribution in [-0.2, 0) is 6.42 Å². The van der Waals surface area contributed by atoms with Crippen molar-refractivity contribution in [3.63, 3.8) is 0 Å². The minimum atomic E-state index is -0.236. The zero-order valence-electron chi connectivity index (χ0n) is 14.5. The van der Waals surface area contributed by atoms with Crippen LogP contribution in [0.4, 0.5) is 0 Å². The van der Waals surface area contributed by atoms with Crippen LogP contribution < -0.4 is 0 Å². The van der Waals surface area contributed by atoms with Gasteiger partial charge < -0.3 is 10.2 Å². The second kappa shape index (κ2) is 7.26. The van der Waals surface area contributed by atoms with Crippen LogP contribution in [0.15, 0.2) is 28.7 Å². The fraction of sp³-hybridized carbons (Fsp3) is 0.444. The average Bonchev–Trinajstić information content (AvgIpc) is 3.18. The van der Waals surface area contributed by atoms with Gasteiger partial charge in [-0.2, -0.15) is 4.52 Å². The number of aryl methyl sites for hydroxylation is 1. The predicted molar refractivity (Wildman–Crippen MR) is 105 cm³/mol. The molecule has 2 N–H and O–H groups in total. The van der Waals surface area contributed by atoms with Crippen molar-refractivity contribution in [3.8, 4) is 5.88 Å². The lowest BCUT2D eigenvalue weighted by molar-refractivity contribution is 0.0689. The van der Waals surface area contributed by atoms with Crippen molar-refractivity contribution < 1.29 is 10.2 Å². The Bertz CT molecular complexity index is 900. The molecule has 1 aromatic carbocycles. The summed E-state index contributed by atoms with van der Waals surface area (Å²) in [6, 6.07) is 8.11. The number of halogens is 1. The molecule has 138 valence electrons. The molecule has 2 aromatic heterocycles. The maximum Gasteiger partial charge on any atom is 0.230 e. The number of fused-ring (bicyclic) bond motifs is 1. The van der Waals surface area contributed by atoms with E-state index in [4.69, 9.17) is 0 Å². The minimum Gasteiger partial charge on any atom is -0.492 e. The number of aromatic nitrogens is 3. The summed E-state index contributed by atoms with van der Waals surface area (Å²) in [5.74, 6) is 0.899. The van der Waals surface area contributed by atoms with Gasteiger partial charge in [-0.1, -0.05) is 46.3 Å². The summed E-state index contributed by atoms with van der Waals surface area (Å²) >= 11 is 4.97. The molecule has 0 bridgehead atoms. The maximum atomic E-state index is 10.9. The molecule has 1 aliphatic rings. The van der Waals surface area contributed by atoms with Gasteiger partial charge in [0.15, 0.2) is 5.82 Å². The lowest BCUT2D eigenvalue weighted by Gasteiger charge is -2.36. The van der Waals surface area contributed by atoms with Gasteiger partial charge in [0.25, 0.3) is 0 Å². The number of aromatic hydroxyl groups is 1. The summed E-state index contributed by atoms with van der Waals surface area (Å²) in [6.45, 7) is 3.57. The first-order valence-electron chi connectivity index (χ1n) is 8.81. The van der Waals surface area contributed by atoms with Crippen molar-refractivity contribution in [3.05, 3.63) is 45.0 Å². The zero-order chi connectivity index (χ0) is 18.3. The van der Waals surface area contributed by atoms with Crippen LogP contribution in [0.2, 0.25) is 0 Å². The van der Waals surface area contributed by atoms with Crippen molar-refractivity contribution in [1.82, 2.24) is 19.5 Å². The molecule has 3 aromatic rings. The molecular formula is C18H21BrN4O2S. The Morgan fingerprint density at radius 2 is 1.96 bits per heavy atom. The second-order valence-corrected chi connectivity index (χ2v) is 8.51. The van der Waals surface area contributed by atoms with Crippen LogP contribution in [0, 0.1) is 0 Å². The molecule has 1 atom stereocenters. The Kier molecular flexibility index (Phi) is 5.00. The van der Waals surface area contributed by atoms with E-state index in [1.807, 2.05) is 19.1 Å². The standard InChI is InChI=1S/C18H21BrN4O2S/c1-2-14-20-18-23(21-14)17(25)16(26-18)15(11-3-5-12(19)6-4-11)22-9-7-13(24)8-10-22/h3-6,13,15,24-25H,2,7-10H2,1H3/t15-/m1/s1. The fourth-order valence-corrected chi connectivity index (χ4v) is 4.84. The number of aliphatic hydroxyl groups excluding tert-OH is 1. The highest BCUT2D eigenvalue weighted by molar-refractivity contribution is 9.10.